The second kappa shape index (κ2) is 7.14. The fraction of sp³-hybridized carbons (Fsp3) is 0.143. The van der Waals surface area contributed by atoms with Gasteiger partial charge in [-0.25, -0.2) is 4.98 Å². The standard InChI is InChI=1S/C21H18N2O2S/c1-2-25-16-10-7-14(8-11-16)13-19(24)22-21-23-20-17-6-4-3-5-15(17)9-12-18(20)26-21/h3-12H,2,13H2,1H3,(H,22,23,24). The highest BCUT2D eigenvalue weighted by molar-refractivity contribution is 7.22. The summed E-state index contributed by atoms with van der Waals surface area (Å²) < 4.78 is 6.49. The summed E-state index contributed by atoms with van der Waals surface area (Å²) in [5, 5.41) is 5.81. The van der Waals surface area contributed by atoms with E-state index in [9.17, 15) is 4.79 Å². The van der Waals surface area contributed by atoms with Gasteiger partial charge in [-0.15, -0.1) is 0 Å². The Hall–Kier alpha value is -2.92. The van der Waals surface area contributed by atoms with E-state index in [1.54, 1.807) is 0 Å². The molecule has 26 heavy (non-hydrogen) atoms. The van der Waals surface area contributed by atoms with Gasteiger partial charge < -0.3 is 10.1 Å². The summed E-state index contributed by atoms with van der Waals surface area (Å²) in [7, 11) is 0. The van der Waals surface area contributed by atoms with Crippen LogP contribution in [-0.4, -0.2) is 17.5 Å². The normalized spacial score (nSPS) is 11.0. The number of ether oxygens (including phenoxy) is 1. The summed E-state index contributed by atoms with van der Waals surface area (Å²) in [4.78, 5) is 17.0. The van der Waals surface area contributed by atoms with Crippen LogP contribution in [0.4, 0.5) is 5.13 Å². The number of benzene rings is 3. The molecule has 1 heterocycles. The van der Waals surface area contributed by atoms with Crippen molar-refractivity contribution in [2.24, 2.45) is 0 Å². The number of rotatable bonds is 5. The van der Waals surface area contributed by atoms with Crippen molar-refractivity contribution in [2.75, 3.05) is 11.9 Å². The van der Waals surface area contributed by atoms with Crippen LogP contribution >= 0.6 is 11.3 Å². The first-order valence-corrected chi connectivity index (χ1v) is 9.34. The Balaban J connectivity index is 1.51. The van der Waals surface area contributed by atoms with Crippen LogP contribution in [-0.2, 0) is 11.2 Å². The van der Waals surface area contributed by atoms with Crippen LogP contribution in [0.5, 0.6) is 5.75 Å². The maximum atomic E-state index is 12.4. The summed E-state index contributed by atoms with van der Waals surface area (Å²) >= 11 is 1.50. The van der Waals surface area contributed by atoms with Gasteiger partial charge in [0.05, 0.1) is 23.2 Å². The topological polar surface area (TPSA) is 51.2 Å². The zero-order valence-corrected chi connectivity index (χ0v) is 15.2. The summed E-state index contributed by atoms with van der Waals surface area (Å²) in [5.74, 6) is 0.743. The third kappa shape index (κ3) is 3.39. The number of hydrogen-bond donors (Lipinski definition) is 1. The molecule has 0 spiro atoms. The second-order valence-corrected chi connectivity index (χ2v) is 6.99. The summed E-state index contributed by atoms with van der Waals surface area (Å²) in [6.07, 6.45) is 0.309. The zero-order chi connectivity index (χ0) is 17.9. The minimum Gasteiger partial charge on any atom is -0.494 e. The summed E-state index contributed by atoms with van der Waals surface area (Å²) in [6, 6.07) is 19.9. The maximum Gasteiger partial charge on any atom is 0.230 e. The van der Waals surface area contributed by atoms with Crippen LogP contribution in [0.15, 0.2) is 60.7 Å². The van der Waals surface area contributed by atoms with Gasteiger partial charge in [0, 0.05) is 5.39 Å². The minimum atomic E-state index is -0.0717. The molecule has 0 radical (unpaired) electrons. The average Bonchev–Trinajstić information content (AvgIpc) is 3.06. The van der Waals surface area contributed by atoms with E-state index in [4.69, 9.17) is 4.74 Å². The number of carbonyl (C=O) groups is 1. The molecule has 5 heteroatoms. The van der Waals surface area contributed by atoms with Crippen LogP contribution in [0, 0.1) is 0 Å². The third-order valence-electron chi connectivity index (χ3n) is 4.13. The van der Waals surface area contributed by atoms with Crippen molar-refractivity contribution in [3.8, 4) is 5.75 Å². The molecule has 0 aliphatic carbocycles. The fourth-order valence-electron chi connectivity index (χ4n) is 2.93. The number of thiazole rings is 1. The molecule has 0 aliphatic rings. The highest BCUT2D eigenvalue weighted by Gasteiger charge is 2.11. The van der Waals surface area contributed by atoms with Crippen LogP contribution in [0.2, 0.25) is 0 Å². The molecule has 0 unspecified atom stereocenters. The van der Waals surface area contributed by atoms with Crippen molar-refractivity contribution in [3.05, 3.63) is 66.2 Å². The van der Waals surface area contributed by atoms with E-state index < -0.39 is 0 Å². The summed E-state index contributed by atoms with van der Waals surface area (Å²) in [5.41, 5.74) is 1.88. The molecule has 4 rings (SSSR count). The number of aromatic nitrogens is 1. The smallest absolute Gasteiger partial charge is 0.230 e. The second-order valence-electron chi connectivity index (χ2n) is 5.95. The van der Waals surface area contributed by atoms with Crippen molar-refractivity contribution >= 4 is 43.4 Å². The Morgan fingerprint density at radius 3 is 2.69 bits per heavy atom. The number of carbonyl (C=O) groups excluding carboxylic acids is 1. The van der Waals surface area contributed by atoms with Gasteiger partial charge in [-0.05, 0) is 36.1 Å². The number of anilines is 1. The number of nitrogens with one attached hydrogen (secondary N) is 1. The van der Waals surface area contributed by atoms with Crippen LogP contribution < -0.4 is 10.1 Å². The quantitative estimate of drug-likeness (QED) is 0.542. The highest BCUT2D eigenvalue weighted by Crippen LogP contribution is 2.31. The van der Waals surface area contributed by atoms with Crippen molar-refractivity contribution in [3.63, 3.8) is 0 Å². The number of hydrogen-bond acceptors (Lipinski definition) is 4. The van der Waals surface area contributed by atoms with Crippen LogP contribution in [0.25, 0.3) is 21.0 Å². The van der Waals surface area contributed by atoms with Crippen LogP contribution in [0.3, 0.4) is 0 Å². The third-order valence-corrected chi connectivity index (χ3v) is 5.06. The number of nitrogens with zero attached hydrogens (tertiary/aromatic N) is 1. The molecule has 1 N–H and O–H groups in total. The van der Waals surface area contributed by atoms with E-state index in [1.165, 1.54) is 11.3 Å². The van der Waals surface area contributed by atoms with Gasteiger partial charge in [-0.1, -0.05) is 53.8 Å². The monoisotopic (exact) mass is 362 g/mol. The van der Waals surface area contributed by atoms with Gasteiger partial charge in [-0.3, -0.25) is 4.79 Å². The van der Waals surface area contributed by atoms with Crippen molar-refractivity contribution in [1.29, 1.82) is 0 Å². The Kier molecular flexibility index (Phi) is 4.54. The zero-order valence-electron chi connectivity index (χ0n) is 14.4. The molecule has 0 atom stereocenters. The minimum absolute atomic E-state index is 0.0717. The number of fused-ring (bicyclic) bond motifs is 3. The molecule has 0 bridgehead atoms. The lowest BCUT2D eigenvalue weighted by Gasteiger charge is -2.05. The van der Waals surface area contributed by atoms with Gasteiger partial charge in [0.15, 0.2) is 5.13 Å². The SMILES string of the molecule is CCOc1ccc(CC(=O)Nc2nc3c(ccc4ccccc43)s2)cc1. The molecule has 0 saturated heterocycles. The predicted octanol–water partition coefficient (Wildman–Crippen LogP) is 5.03. The molecular weight excluding hydrogens is 344 g/mol. The van der Waals surface area contributed by atoms with Crippen LogP contribution in [0.1, 0.15) is 12.5 Å². The van der Waals surface area contributed by atoms with Gasteiger partial charge in [0.25, 0.3) is 0 Å². The highest BCUT2D eigenvalue weighted by atomic mass is 32.1. The fourth-order valence-corrected chi connectivity index (χ4v) is 3.83. The first-order chi connectivity index (χ1) is 12.7. The lowest BCUT2D eigenvalue weighted by molar-refractivity contribution is -0.115. The van der Waals surface area contributed by atoms with Crippen molar-refractivity contribution in [1.82, 2.24) is 4.98 Å². The Morgan fingerprint density at radius 2 is 1.88 bits per heavy atom. The first kappa shape index (κ1) is 16.5. The van der Waals surface area contributed by atoms with Gasteiger partial charge >= 0.3 is 0 Å². The van der Waals surface area contributed by atoms with Gasteiger partial charge in [-0.2, -0.15) is 0 Å². The molecule has 0 saturated carbocycles. The van der Waals surface area contributed by atoms with E-state index in [1.807, 2.05) is 43.3 Å². The molecule has 3 aromatic carbocycles. The van der Waals surface area contributed by atoms with E-state index in [-0.39, 0.29) is 5.91 Å². The largest absolute Gasteiger partial charge is 0.494 e. The average molecular weight is 362 g/mol. The molecule has 0 aliphatic heterocycles. The van der Waals surface area contributed by atoms with Crippen molar-refractivity contribution < 1.29 is 9.53 Å². The molecule has 1 aromatic heterocycles. The molecule has 130 valence electrons. The molecule has 0 fully saturated rings. The molecule has 1 amide bonds. The lowest BCUT2D eigenvalue weighted by atomic mass is 10.1. The van der Waals surface area contributed by atoms with Gasteiger partial charge in [0.2, 0.25) is 5.91 Å². The van der Waals surface area contributed by atoms with Crippen molar-refractivity contribution in [2.45, 2.75) is 13.3 Å². The Bertz CT molecular complexity index is 1070. The molecular formula is C21H18N2O2S. The van der Waals surface area contributed by atoms with Gasteiger partial charge in [0.1, 0.15) is 5.75 Å². The molecule has 4 aromatic rings. The summed E-state index contributed by atoms with van der Waals surface area (Å²) in [6.45, 7) is 2.58. The first-order valence-electron chi connectivity index (χ1n) is 8.53. The van der Waals surface area contributed by atoms with E-state index >= 15 is 0 Å². The van der Waals surface area contributed by atoms with E-state index in [0.29, 0.717) is 18.2 Å². The Morgan fingerprint density at radius 1 is 1.08 bits per heavy atom. The van der Waals surface area contributed by atoms with E-state index in [2.05, 4.69) is 34.6 Å². The Labute approximate surface area is 155 Å². The maximum absolute atomic E-state index is 12.4. The lowest BCUT2D eigenvalue weighted by Crippen LogP contribution is -2.14. The van der Waals surface area contributed by atoms with E-state index in [0.717, 1.165) is 32.3 Å². The molecule has 4 nitrogen and oxygen atoms in total. The predicted molar refractivity (Wildman–Crippen MR) is 107 cm³/mol. The number of amides is 1.